The molecule has 2 aromatic rings. The lowest BCUT2D eigenvalue weighted by Gasteiger charge is -2.12. The molecular formula is C16H13Cl2NO5. The summed E-state index contributed by atoms with van der Waals surface area (Å²) >= 11 is 12.2. The van der Waals surface area contributed by atoms with Gasteiger partial charge in [-0.25, -0.2) is 4.79 Å². The second kappa shape index (κ2) is 7.90. The van der Waals surface area contributed by atoms with Gasteiger partial charge < -0.3 is 19.9 Å². The van der Waals surface area contributed by atoms with E-state index < -0.39 is 11.9 Å². The van der Waals surface area contributed by atoms with Crippen LogP contribution in [0.2, 0.25) is 10.0 Å². The first-order valence-corrected chi connectivity index (χ1v) is 7.60. The van der Waals surface area contributed by atoms with Crippen LogP contribution >= 0.6 is 23.2 Å². The van der Waals surface area contributed by atoms with Gasteiger partial charge >= 0.3 is 11.9 Å². The highest BCUT2D eigenvalue weighted by atomic mass is 35.5. The molecule has 0 aliphatic carbocycles. The van der Waals surface area contributed by atoms with Gasteiger partial charge in [-0.05, 0) is 43.3 Å². The van der Waals surface area contributed by atoms with E-state index in [0.717, 1.165) is 0 Å². The molecule has 0 fully saturated rings. The fourth-order valence-electron chi connectivity index (χ4n) is 1.74. The Morgan fingerprint density at radius 2 is 1.71 bits per heavy atom. The van der Waals surface area contributed by atoms with Crippen LogP contribution in [0.1, 0.15) is 6.92 Å². The minimum atomic E-state index is -1.01. The van der Waals surface area contributed by atoms with Crippen molar-refractivity contribution in [1.82, 2.24) is 0 Å². The van der Waals surface area contributed by atoms with Crippen molar-refractivity contribution in [3.63, 3.8) is 0 Å². The molecule has 2 rings (SSSR count). The highest BCUT2D eigenvalue weighted by Gasteiger charge is 2.17. The monoisotopic (exact) mass is 369 g/mol. The summed E-state index contributed by atoms with van der Waals surface area (Å²) in [5.74, 6) is -1.25. The van der Waals surface area contributed by atoms with Crippen LogP contribution in [0.25, 0.3) is 0 Å². The molecule has 8 heteroatoms. The molecule has 0 spiro atoms. The summed E-state index contributed by atoms with van der Waals surface area (Å²) in [6, 6.07) is 8.76. The highest BCUT2D eigenvalue weighted by Crippen LogP contribution is 2.39. The molecule has 126 valence electrons. The molecule has 0 saturated heterocycles. The number of esters is 1. The number of hydrogen-bond acceptors (Lipinski definition) is 5. The largest absolute Gasteiger partial charge is 0.508 e. The Kier molecular flexibility index (Phi) is 5.89. The number of carbonyl (C=O) groups is 2. The maximum atomic E-state index is 11.6. The summed E-state index contributed by atoms with van der Waals surface area (Å²) in [7, 11) is 0. The summed E-state index contributed by atoms with van der Waals surface area (Å²) in [4.78, 5) is 22.9. The Morgan fingerprint density at radius 1 is 1.12 bits per heavy atom. The number of nitrogens with one attached hydrogen (secondary N) is 1. The fraction of sp³-hybridized carbons (Fsp3) is 0.125. The Hall–Kier alpha value is -2.44. The number of hydrogen-bond donors (Lipinski definition) is 2. The number of phenols is 1. The first-order chi connectivity index (χ1) is 11.4. The fourth-order valence-corrected chi connectivity index (χ4v) is 2.30. The number of anilines is 1. The lowest BCUT2D eigenvalue weighted by atomic mass is 10.3. The molecule has 0 heterocycles. The third-order valence-electron chi connectivity index (χ3n) is 2.77. The van der Waals surface area contributed by atoms with E-state index in [1.54, 1.807) is 19.1 Å². The van der Waals surface area contributed by atoms with Crippen LogP contribution in [0.15, 0.2) is 36.4 Å². The lowest BCUT2D eigenvalue weighted by molar-refractivity contribution is -0.152. The van der Waals surface area contributed by atoms with Crippen LogP contribution in [0, 0.1) is 0 Å². The molecule has 0 atom stereocenters. The van der Waals surface area contributed by atoms with Crippen molar-refractivity contribution < 1.29 is 24.2 Å². The van der Waals surface area contributed by atoms with Gasteiger partial charge in [0.05, 0.1) is 16.7 Å². The van der Waals surface area contributed by atoms with E-state index in [1.807, 2.05) is 0 Å². The Bertz CT molecular complexity index is 739. The summed E-state index contributed by atoms with van der Waals surface area (Å²) < 4.78 is 10.1. The van der Waals surface area contributed by atoms with Crippen molar-refractivity contribution in [2.45, 2.75) is 6.92 Å². The highest BCUT2D eigenvalue weighted by molar-refractivity contribution is 6.39. The summed E-state index contributed by atoms with van der Waals surface area (Å²) in [5, 5.41) is 11.9. The van der Waals surface area contributed by atoms with Gasteiger partial charge in [-0.3, -0.25) is 4.79 Å². The van der Waals surface area contributed by atoms with E-state index in [2.05, 4.69) is 10.1 Å². The van der Waals surface area contributed by atoms with Crippen molar-refractivity contribution >= 4 is 40.8 Å². The number of aromatic hydroxyl groups is 1. The van der Waals surface area contributed by atoms with E-state index in [9.17, 15) is 14.7 Å². The summed E-state index contributed by atoms with van der Waals surface area (Å²) in [6.45, 7) is 1.68. The zero-order valence-electron chi connectivity index (χ0n) is 12.5. The van der Waals surface area contributed by atoms with Gasteiger partial charge in [0.25, 0.3) is 0 Å². The molecule has 6 nitrogen and oxygen atoms in total. The number of amides is 1. The van der Waals surface area contributed by atoms with E-state index in [4.69, 9.17) is 27.9 Å². The summed E-state index contributed by atoms with van der Waals surface area (Å²) in [5.41, 5.74) is 0.223. The molecule has 2 N–H and O–H groups in total. The molecule has 0 radical (unpaired) electrons. The molecule has 2 aromatic carbocycles. The van der Waals surface area contributed by atoms with Gasteiger partial charge in [-0.2, -0.15) is 0 Å². The molecule has 1 amide bonds. The van der Waals surface area contributed by atoms with Crippen LogP contribution in [0.3, 0.4) is 0 Å². The number of rotatable bonds is 4. The minimum absolute atomic E-state index is 0.0904. The molecule has 24 heavy (non-hydrogen) atoms. The predicted molar refractivity (Wildman–Crippen MR) is 89.9 cm³/mol. The topological polar surface area (TPSA) is 84.9 Å². The van der Waals surface area contributed by atoms with Crippen molar-refractivity contribution in [2.24, 2.45) is 0 Å². The summed E-state index contributed by atoms with van der Waals surface area (Å²) in [6.07, 6.45) is 0. The van der Waals surface area contributed by atoms with Gasteiger partial charge in [0.1, 0.15) is 11.5 Å². The van der Waals surface area contributed by atoms with Gasteiger partial charge in [0.2, 0.25) is 0 Å². The molecule has 0 unspecified atom stereocenters. The Morgan fingerprint density at radius 3 is 2.25 bits per heavy atom. The third-order valence-corrected chi connectivity index (χ3v) is 3.34. The quantitative estimate of drug-likeness (QED) is 0.628. The number of ether oxygens (including phenoxy) is 2. The molecule has 0 aliphatic rings. The maximum absolute atomic E-state index is 11.6. The van der Waals surface area contributed by atoms with Gasteiger partial charge in [0, 0.05) is 5.69 Å². The van der Waals surface area contributed by atoms with Gasteiger partial charge in [-0.15, -0.1) is 0 Å². The molecule has 0 aromatic heterocycles. The van der Waals surface area contributed by atoms with Crippen molar-refractivity contribution in [2.75, 3.05) is 11.9 Å². The average Bonchev–Trinajstić information content (AvgIpc) is 2.53. The SMILES string of the molecule is CCOC(=O)C(=O)Nc1cc(Cl)c(Oc2ccc(O)cc2)c(Cl)c1. The molecule has 0 aliphatic heterocycles. The van der Waals surface area contributed by atoms with E-state index >= 15 is 0 Å². The second-order valence-corrected chi connectivity index (χ2v) is 5.35. The maximum Gasteiger partial charge on any atom is 0.397 e. The normalized spacial score (nSPS) is 10.1. The van der Waals surface area contributed by atoms with Crippen LogP contribution in [0.4, 0.5) is 5.69 Å². The van der Waals surface area contributed by atoms with Crippen molar-refractivity contribution in [3.05, 3.63) is 46.4 Å². The number of phenolic OH excluding ortho intramolecular Hbond substituents is 1. The van der Waals surface area contributed by atoms with E-state index in [0.29, 0.717) is 5.75 Å². The first-order valence-electron chi connectivity index (χ1n) is 6.84. The van der Waals surface area contributed by atoms with Crippen LogP contribution < -0.4 is 10.1 Å². The zero-order chi connectivity index (χ0) is 17.7. The average molecular weight is 370 g/mol. The number of halogens is 2. The second-order valence-electron chi connectivity index (χ2n) is 4.54. The standard InChI is InChI=1S/C16H13Cl2NO5/c1-2-23-16(22)15(21)19-9-7-12(17)14(13(18)8-9)24-11-5-3-10(20)4-6-11/h3-8,20H,2H2,1H3,(H,19,21). The number of carbonyl (C=O) groups excluding carboxylic acids is 2. The van der Waals surface area contributed by atoms with Gasteiger partial charge in [0.15, 0.2) is 5.75 Å². The van der Waals surface area contributed by atoms with Crippen molar-refractivity contribution in [3.8, 4) is 17.2 Å². The molecule has 0 saturated carbocycles. The van der Waals surface area contributed by atoms with E-state index in [1.165, 1.54) is 24.3 Å². The molecule has 0 bridgehead atoms. The zero-order valence-corrected chi connectivity index (χ0v) is 14.0. The molecular weight excluding hydrogens is 357 g/mol. The minimum Gasteiger partial charge on any atom is -0.508 e. The van der Waals surface area contributed by atoms with Crippen LogP contribution in [-0.2, 0) is 14.3 Å². The van der Waals surface area contributed by atoms with Gasteiger partial charge in [-0.1, -0.05) is 23.2 Å². The van der Waals surface area contributed by atoms with Crippen molar-refractivity contribution in [1.29, 1.82) is 0 Å². The third kappa shape index (κ3) is 4.53. The smallest absolute Gasteiger partial charge is 0.397 e. The first kappa shape index (κ1) is 17.9. The number of benzene rings is 2. The Balaban J connectivity index is 2.17. The Labute approximate surface area is 147 Å². The van der Waals surface area contributed by atoms with E-state index in [-0.39, 0.29) is 33.8 Å². The van der Waals surface area contributed by atoms with Crippen LogP contribution in [-0.4, -0.2) is 23.6 Å². The van der Waals surface area contributed by atoms with Crippen LogP contribution in [0.5, 0.6) is 17.2 Å². The lowest BCUT2D eigenvalue weighted by Crippen LogP contribution is -2.24. The predicted octanol–water partition coefficient (Wildman–Crippen LogP) is 3.99.